The lowest BCUT2D eigenvalue weighted by Crippen LogP contribution is -2.50. The van der Waals surface area contributed by atoms with Crippen LogP contribution in [0.15, 0.2) is 30.3 Å². The zero-order valence-corrected chi connectivity index (χ0v) is 13.3. The lowest BCUT2D eigenvalue weighted by Gasteiger charge is -2.32. The van der Waals surface area contributed by atoms with E-state index in [1.54, 1.807) is 7.11 Å². The van der Waals surface area contributed by atoms with Crippen LogP contribution in [0.25, 0.3) is 0 Å². The third-order valence-electron chi connectivity index (χ3n) is 3.76. The van der Waals surface area contributed by atoms with E-state index in [1.807, 2.05) is 25.1 Å². The summed E-state index contributed by atoms with van der Waals surface area (Å²) >= 11 is 0. The topological polar surface area (TPSA) is 50.4 Å². The maximum absolute atomic E-state index is 11.0. The first-order valence-corrected chi connectivity index (χ1v) is 7.68. The maximum Gasteiger partial charge on any atom is 0.124 e. The van der Waals surface area contributed by atoms with Gasteiger partial charge in [-0.25, -0.2) is 0 Å². The van der Waals surface area contributed by atoms with Gasteiger partial charge in [0.1, 0.15) is 6.29 Å². The number of carbonyl (C=O) groups is 1. The van der Waals surface area contributed by atoms with Crippen LogP contribution in [0.1, 0.15) is 31.9 Å². The first-order chi connectivity index (χ1) is 10.2. The number of hydrogen-bond donors (Lipinski definition) is 2. The smallest absolute Gasteiger partial charge is 0.124 e. The molecule has 21 heavy (non-hydrogen) atoms. The van der Waals surface area contributed by atoms with Gasteiger partial charge in [-0.3, -0.25) is 0 Å². The molecule has 2 rings (SSSR count). The van der Waals surface area contributed by atoms with Gasteiger partial charge < -0.3 is 20.2 Å². The summed E-state index contributed by atoms with van der Waals surface area (Å²) in [5, 5.41) is 6.88. The monoisotopic (exact) mass is 292 g/mol. The number of aldehydes is 1. The highest BCUT2D eigenvalue weighted by atomic mass is 16.5. The Kier molecular flexibility index (Phi) is 8.90. The number of methoxy groups -OCH3 is 1. The minimum absolute atomic E-state index is 0.141. The van der Waals surface area contributed by atoms with Gasteiger partial charge in [0.05, 0.1) is 0 Å². The van der Waals surface area contributed by atoms with Crippen LogP contribution in [-0.4, -0.2) is 39.1 Å². The molecule has 3 unspecified atom stereocenters. The van der Waals surface area contributed by atoms with Crippen molar-refractivity contribution in [3.8, 4) is 0 Å². The highest BCUT2D eigenvalue weighted by molar-refractivity contribution is 5.55. The molecular formula is C17H28N2O2. The lowest BCUT2D eigenvalue weighted by molar-refractivity contribution is -0.112. The minimum atomic E-state index is 0.141. The van der Waals surface area contributed by atoms with Gasteiger partial charge in [-0.1, -0.05) is 30.3 Å². The third-order valence-corrected chi connectivity index (χ3v) is 3.76. The van der Waals surface area contributed by atoms with Crippen LogP contribution in [0.2, 0.25) is 0 Å². The number of rotatable bonds is 5. The van der Waals surface area contributed by atoms with Crippen molar-refractivity contribution >= 4 is 6.29 Å². The predicted octanol–water partition coefficient (Wildman–Crippen LogP) is 2.17. The van der Waals surface area contributed by atoms with E-state index in [9.17, 15) is 4.79 Å². The van der Waals surface area contributed by atoms with E-state index in [0.29, 0.717) is 0 Å². The highest BCUT2D eigenvalue weighted by Crippen LogP contribution is 2.16. The normalized spacial score (nSPS) is 22.8. The number of benzene rings is 1. The standard InChI is InChI=1S/C14H20N2O.C3H8O/c1-11(12-5-3-2-4-6-12)16-14-9-15-8-7-13(14)10-17;1-3-4-2/h2-6,10-11,13-16H,7-9H2,1H3;3H2,1-2H3. The third kappa shape index (κ3) is 6.38. The summed E-state index contributed by atoms with van der Waals surface area (Å²) in [6.07, 6.45) is 2.03. The molecule has 0 saturated carbocycles. The quantitative estimate of drug-likeness (QED) is 0.817. The Morgan fingerprint density at radius 3 is 2.67 bits per heavy atom. The van der Waals surface area contributed by atoms with Crippen LogP contribution < -0.4 is 10.6 Å². The predicted molar refractivity (Wildman–Crippen MR) is 86.4 cm³/mol. The van der Waals surface area contributed by atoms with Crippen molar-refractivity contribution in [3.63, 3.8) is 0 Å². The molecule has 4 nitrogen and oxygen atoms in total. The SMILES string of the molecule is CC(NC1CNCCC1C=O)c1ccccc1.CCOC. The van der Waals surface area contributed by atoms with Gasteiger partial charge in [0.15, 0.2) is 0 Å². The largest absolute Gasteiger partial charge is 0.385 e. The molecule has 1 heterocycles. The van der Waals surface area contributed by atoms with Crippen molar-refractivity contribution in [2.24, 2.45) is 5.92 Å². The Morgan fingerprint density at radius 1 is 1.43 bits per heavy atom. The average molecular weight is 292 g/mol. The summed E-state index contributed by atoms with van der Waals surface area (Å²) in [6.45, 7) is 6.74. The zero-order chi connectivity index (χ0) is 15.5. The van der Waals surface area contributed by atoms with Crippen molar-refractivity contribution in [1.29, 1.82) is 0 Å². The van der Waals surface area contributed by atoms with Crippen LogP contribution >= 0.6 is 0 Å². The van der Waals surface area contributed by atoms with Gasteiger partial charge >= 0.3 is 0 Å². The van der Waals surface area contributed by atoms with Gasteiger partial charge in [0, 0.05) is 38.3 Å². The van der Waals surface area contributed by atoms with Crippen molar-refractivity contribution in [3.05, 3.63) is 35.9 Å². The second kappa shape index (κ2) is 10.5. The van der Waals surface area contributed by atoms with Gasteiger partial charge in [0.2, 0.25) is 0 Å². The van der Waals surface area contributed by atoms with Crippen molar-refractivity contribution in [2.75, 3.05) is 26.8 Å². The Balaban J connectivity index is 0.000000491. The van der Waals surface area contributed by atoms with E-state index < -0.39 is 0 Å². The van der Waals surface area contributed by atoms with Crippen molar-refractivity contribution < 1.29 is 9.53 Å². The van der Waals surface area contributed by atoms with E-state index >= 15 is 0 Å². The number of hydrogen-bond acceptors (Lipinski definition) is 4. The molecule has 1 fully saturated rings. The van der Waals surface area contributed by atoms with Crippen LogP contribution in [0, 0.1) is 5.92 Å². The molecule has 118 valence electrons. The molecule has 3 atom stereocenters. The van der Waals surface area contributed by atoms with Gasteiger partial charge in [0.25, 0.3) is 0 Å². The second-order valence-electron chi connectivity index (χ2n) is 5.28. The molecule has 0 aliphatic carbocycles. The molecule has 1 saturated heterocycles. The molecular weight excluding hydrogens is 264 g/mol. The number of nitrogens with one attached hydrogen (secondary N) is 2. The fourth-order valence-corrected chi connectivity index (χ4v) is 2.38. The Hall–Kier alpha value is -1.23. The summed E-state index contributed by atoms with van der Waals surface area (Å²) in [6, 6.07) is 10.9. The van der Waals surface area contributed by atoms with Crippen LogP contribution in [0.4, 0.5) is 0 Å². The van der Waals surface area contributed by atoms with Gasteiger partial charge in [-0.2, -0.15) is 0 Å². The molecule has 1 aromatic rings. The molecule has 0 spiro atoms. The van der Waals surface area contributed by atoms with E-state index in [4.69, 9.17) is 0 Å². The zero-order valence-electron chi connectivity index (χ0n) is 13.3. The summed E-state index contributed by atoms with van der Waals surface area (Å²) in [4.78, 5) is 11.0. The van der Waals surface area contributed by atoms with Crippen LogP contribution in [-0.2, 0) is 9.53 Å². The molecule has 1 aromatic carbocycles. The molecule has 0 aromatic heterocycles. The molecule has 4 heteroatoms. The fourth-order valence-electron chi connectivity index (χ4n) is 2.38. The van der Waals surface area contributed by atoms with Crippen molar-refractivity contribution in [1.82, 2.24) is 10.6 Å². The number of carbonyl (C=O) groups excluding carboxylic acids is 1. The lowest BCUT2D eigenvalue weighted by atomic mass is 9.93. The Labute approximate surface area is 128 Å². The molecule has 1 aliphatic rings. The molecule has 0 bridgehead atoms. The molecule has 0 radical (unpaired) electrons. The van der Waals surface area contributed by atoms with E-state index in [0.717, 1.165) is 32.4 Å². The fraction of sp³-hybridized carbons (Fsp3) is 0.588. The van der Waals surface area contributed by atoms with Crippen LogP contribution in [0.3, 0.4) is 0 Å². The Morgan fingerprint density at radius 2 is 2.10 bits per heavy atom. The molecule has 2 N–H and O–H groups in total. The van der Waals surface area contributed by atoms with E-state index in [1.165, 1.54) is 5.56 Å². The van der Waals surface area contributed by atoms with Gasteiger partial charge in [-0.05, 0) is 32.4 Å². The molecule has 0 amide bonds. The maximum atomic E-state index is 11.0. The van der Waals surface area contributed by atoms with E-state index in [-0.39, 0.29) is 18.0 Å². The Bertz CT molecular complexity index is 382. The van der Waals surface area contributed by atoms with Crippen LogP contribution in [0.5, 0.6) is 0 Å². The van der Waals surface area contributed by atoms with E-state index in [2.05, 4.69) is 34.4 Å². The van der Waals surface area contributed by atoms with Gasteiger partial charge in [-0.15, -0.1) is 0 Å². The summed E-state index contributed by atoms with van der Waals surface area (Å²) in [5.74, 6) is 0.141. The second-order valence-corrected chi connectivity index (χ2v) is 5.28. The first-order valence-electron chi connectivity index (χ1n) is 7.68. The summed E-state index contributed by atoms with van der Waals surface area (Å²) in [5.41, 5.74) is 1.27. The van der Waals surface area contributed by atoms with Crippen molar-refractivity contribution in [2.45, 2.75) is 32.4 Å². The number of piperidine rings is 1. The number of ether oxygens (including phenoxy) is 1. The highest BCUT2D eigenvalue weighted by Gasteiger charge is 2.25. The molecule has 1 aliphatic heterocycles. The summed E-state index contributed by atoms with van der Waals surface area (Å²) in [7, 11) is 1.68. The average Bonchev–Trinajstić information content (AvgIpc) is 2.56. The minimum Gasteiger partial charge on any atom is -0.385 e. The summed E-state index contributed by atoms with van der Waals surface area (Å²) < 4.78 is 4.54. The first kappa shape index (κ1) is 17.8.